The summed E-state index contributed by atoms with van der Waals surface area (Å²) in [7, 11) is -7.21. The molecule has 13 heteroatoms. The van der Waals surface area contributed by atoms with Crippen LogP contribution in [0, 0.1) is 0 Å². The molecule has 1 amide bonds. The van der Waals surface area contributed by atoms with Crippen molar-refractivity contribution in [3.05, 3.63) is 96.6 Å². The second kappa shape index (κ2) is 34.1. The molecule has 0 saturated carbocycles. The fourth-order valence-electron chi connectivity index (χ4n) is 8.53. The smallest absolute Gasteiger partial charge is 0.457 e. The molecule has 0 aromatic heterocycles. The molecule has 0 spiro atoms. The number of hydrogen-bond acceptors (Lipinski definition) is 10. The third-order valence-electron chi connectivity index (χ3n) is 13.9. The number of para-hydroxylation sites is 2. The van der Waals surface area contributed by atoms with Crippen LogP contribution in [0.15, 0.2) is 91.0 Å². The molecular formula is C59H94NO10PSi. The Hall–Kier alpha value is -3.51. The molecule has 1 aliphatic heterocycles. The second-order valence-electron chi connectivity index (χ2n) is 21.2. The number of esters is 1. The number of phosphoric acid groups is 1. The summed E-state index contributed by atoms with van der Waals surface area (Å²) >= 11 is 0. The number of rotatable bonds is 38. The molecule has 0 bridgehead atoms. The fraction of sp³-hybridized carbons (Fsp3) is 0.661. The van der Waals surface area contributed by atoms with Crippen LogP contribution in [0.1, 0.15) is 196 Å². The highest BCUT2D eigenvalue weighted by atomic mass is 31.2. The zero-order chi connectivity index (χ0) is 52.8. The Kier molecular flexibility index (Phi) is 28.1. The number of benzene rings is 3. The highest BCUT2D eigenvalue weighted by Gasteiger charge is 2.54. The molecule has 3 aromatic carbocycles. The van der Waals surface area contributed by atoms with Crippen molar-refractivity contribution in [2.24, 2.45) is 0 Å². The van der Waals surface area contributed by atoms with Crippen molar-refractivity contribution in [3.8, 4) is 11.5 Å². The van der Waals surface area contributed by atoms with E-state index in [9.17, 15) is 9.59 Å². The Balaban J connectivity index is 1.69. The average molecular weight is 1040 g/mol. The maximum atomic E-state index is 15.4. The first-order valence-corrected chi connectivity index (χ1v) is 32.2. The van der Waals surface area contributed by atoms with Gasteiger partial charge in [0.05, 0.1) is 13.2 Å². The minimum absolute atomic E-state index is 0.0700. The number of ether oxygens (including phenoxy) is 3. The number of phosphoric ester groups is 1. The fourth-order valence-corrected chi connectivity index (χ4v) is 11.0. The van der Waals surface area contributed by atoms with Gasteiger partial charge in [-0.15, -0.1) is 0 Å². The van der Waals surface area contributed by atoms with Crippen molar-refractivity contribution < 1.29 is 47.7 Å². The predicted molar refractivity (Wildman–Crippen MR) is 294 cm³/mol. The molecule has 1 heterocycles. The highest BCUT2D eigenvalue weighted by Crippen LogP contribution is 2.53. The molecule has 0 radical (unpaired) electrons. The highest BCUT2D eigenvalue weighted by molar-refractivity contribution is 7.49. The maximum absolute atomic E-state index is 15.4. The molecule has 1 saturated heterocycles. The van der Waals surface area contributed by atoms with E-state index in [4.69, 9.17) is 33.6 Å². The van der Waals surface area contributed by atoms with Crippen molar-refractivity contribution in [1.82, 2.24) is 5.32 Å². The first-order valence-electron chi connectivity index (χ1n) is 28.4. The lowest BCUT2D eigenvalue weighted by atomic mass is 9.96. The third kappa shape index (κ3) is 23.8. The van der Waals surface area contributed by atoms with Crippen LogP contribution in [0.4, 0.5) is 0 Å². The normalized spacial score (nSPS) is 19.0. The van der Waals surface area contributed by atoms with E-state index in [1.807, 2.05) is 42.5 Å². The molecule has 4 rings (SSSR count). The van der Waals surface area contributed by atoms with Gasteiger partial charge in [-0.1, -0.05) is 230 Å². The summed E-state index contributed by atoms with van der Waals surface area (Å²) in [5.41, 5.74) is 0.859. The first-order chi connectivity index (χ1) is 35.1. The van der Waals surface area contributed by atoms with E-state index in [1.165, 1.54) is 83.5 Å². The van der Waals surface area contributed by atoms with Gasteiger partial charge in [0.25, 0.3) is 0 Å². The lowest BCUT2D eigenvalue weighted by Crippen LogP contribution is -2.66. The number of hydrogen-bond donors (Lipinski definition) is 1. The van der Waals surface area contributed by atoms with Crippen LogP contribution in [-0.4, -0.2) is 57.4 Å². The maximum Gasteiger partial charge on any atom is 0.588 e. The van der Waals surface area contributed by atoms with Crippen molar-refractivity contribution in [1.29, 1.82) is 0 Å². The van der Waals surface area contributed by atoms with Gasteiger partial charge < -0.3 is 33.0 Å². The molecule has 1 N–H and O–H groups in total. The zero-order valence-corrected chi connectivity index (χ0v) is 47.2. The van der Waals surface area contributed by atoms with E-state index in [0.717, 1.165) is 44.1 Å². The van der Waals surface area contributed by atoms with E-state index in [-0.39, 0.29) is 42.1 Å². The van der Waals surface area contributed by atoms with Gasteiger partial charge in [-0.3, -0.25) is 14.1 Å². The Morgan fingerprint density at radius 1 is 0.639 bits per heavy atom. The molecule has 0 aliphatic carbocycles. The molecule has 6 atom stereocenters. The minimum Gasteiger partial charge on any atom is -0.457 e. The summed E-state index contributed by atoms with van der Waals surface area (Å²) < 4.78 is 70.3. The van der Waals surface area contributed by atoms with Crippen molar-refractivity contribution >= 4 is 28.0 Å². The summed E-state index contributed by atoms with van der Waals surface area (Å²) in [6.07, 6.45) is 18.0. The molecule has 3 aromatic rings. The first kappa shape index (κ1) is 59.4. The van der Waals surface area contributed by atoms with Gasteiger partial charge >= 0.3 is 13.8 Å². The molecule has 72 heavy (non-hydrogen) atoms. The summed E-state index contributed by atoms with van der Waals surface area (Å²) in [6.45, 7) is 15.1. The number of amides is 1. The van der Waals surface area contributed by atoms with E-state index < -0.39 is 59.2 Å². The van der Waals surface area contributed by atoms with Crippen molar-refractivity contribution in [2.45, 2.75) is 244 Å². The number of carbonyl (C=O) groups is 2. The van der Waals surface area contributed by atoms with Gasteiger partial charge in [-0.25, -0.2) is 4.57 Å². The Morgan fingerprint density at radius 3 is 1.56 bits per heavy atom. The second-order valence-corrected chi connectivity index (χ2v) is 27.5. The molecular weight excluding hydrogens is 942 g/mol. The number of carbonyl (C=O) groups excluding carboxylic acids is 2. The van der Waals surface area contributed by atoms with Gasteiger partial charge in [-0.2, -0.15) is 0 Å². The van der Waals surface area contributed by atoms with Gasteiger partial charge in [-0.05, 0) is 60.8 Å². The average Bonchev–Trinajstić information content (AvgIpc) is 3.36. The minimum atomic E-state index is -4.71. The van der Waals surface area contributed by atoms with Crippen molar-refractivity contribution in [2.75, 3.05) is 6.61 Å². The zero-order valence-electron chi connectivity index (χ0n) is 46.3. The van der Waals surface area contributed by atoms with Crippen LogP contribution in [0.3, 0.4) is 0 Å². The van der Waals surface area contributed by atoms with Crippen molar-refractivity contribution in [3.63, 3.8) is 0 Å². The standard InChI is InChI=1S/C59H94NO10PSi/c1-8-10-12-14-16-18-20-22-24-26-37-45-53(61)60-55-57(67-54(62)46-38-27-25-23-21-19-17-15-13-11-9-2)56(70-71(63,68-50-41-33-29-34-42-50)69-51-43-35-30-36-44-51)52(48-65-72(6,7)59(3,4)5)66-58(55)64-47-49-39-31-28-32-40-49/h28-36,39-44,52,55-58H,8-27,37-38,45-48H2,1-7H3,(H,60,61)/t52-,55-,56-,57-,58?/m1/s1/i46D/t46?,52-,55-,56-,57-,58?. The molecule has 404 valence electrons. The van der Waals surface area contributed by atoms with Crippen LogP contribution >= 0.6 is 7.82 Å². The van der Waals surface area contributed by atoms with E-state index in [0.29, 0.717) is 19.3 Å². The molecule has 1 fully saturated rings. The predicted octanol–water partition coefficient (Wildman–Crippen LogP) is 16.4. The van der Waals surface area contributed by atoms with Crippen LogP contribution in [0.5, 0.6) is 11.5 Å². The molecule has 2 unspecified atom stereocenters. The lowest BCUT2D eigenvalue weighted by Gasteiger charge is -2.47. The summed E-state index contributed by atoms with van der Waals surface area (Å²) in [6, 6.07) is 25.6. The summed E-state index contributed by atoms with van der Waals surface area (Å²) in [5, 5.41) is 2.94. The van der Waals surface area contributed by atoms with E-state index in [2.05, 4.69) is 53.0 Å². The largest absolute Gasteiger partial charge is 0.588 e. The Labute approximate surface area is 438 Å². The lowest BCUT2D eigenvalue weighted by molar-refractivity contribution is -0.273. The van der Waals surface area contributed by atoms with Gasteiger partial charge in [0.2, 0.25) is 5.91 Å². The Bertz CT molecular complexity index is 1930. The number of nitrogens with one attached hydrogen (secondary N) is 1. The quantitative estimate of drug-likeness (QED) is 0.0256. The summed E-state index contributed by atoms with van der Waals surface area (Å²) in [4.78, 5) is 28.7. The monoisotopic (exact) mass is 1040 g/mol. The SMILES string of the molecule is [2H]C(CCCCCCCCCCCC)C(=O)O[C@H]1[C@H](OP(=O)(Oc2ccccc2)Oc2ccccc2)[C@@H](CO[Si](C)(C)C(C)(C)C)OC(OCc2ccccc2)[C@@H]1NC(=O)CCCCCCCCCCCCC. The topological polar surface area (TPSA) is 128 Å². The van der Waals surface area contributed by atoms with E-state index in [1.54, 1.807) is 48.5 Å². The van der Waals surface area contributed by atoms with Crippen LogP contribution in [-0.2, 0) is 43.9 Å². The van der Waals surface area contributed by atoms with E-state index >= 15 is 4.57 Å². The molecule has 11 nitrogen and oxygen atoms in total. The van der Waals surface area contributed by atoms with Gasteiger partial charge in [0.15, 0.2) is 20.7 Å². The van der Waals surface area contributed by atoms with Crippen LogP contribution in [0.25, 0.3) is 0 Å². The Morgan fingerprint density at radius 2 is 1.08 bits per heavy atom. The number of unbranched alkanes of at least 4 members (excludes halogenated alkanes) is 19. The van der Waals surface area contributed by atoms with Crippen LogP contribution < -0.4 is 14.4 Å². The third-order valence-corrected chi connectivity index (χ3v) is 19.8. The van der Waals surface area contributed by atoms with Gasteiger partial charge in [0.1, 0.15) is 29.7 Å². The molecule has 1 aliphatic rings. The van der Waals surface area contributed by atoms with Crippen LogP contribution in [0.2, 0.25) is 18.1 Å². The van der Waals surface area contributed by atoms with Gasteiger partial charge in [0, 0.05) is 14.2 Å². The summed E-state index contributed by atoms with van der Waals surface area (Å²) in [5.74, 6) is -0.658.